The average Bonchev–Trinajstić information content (AvgIpc) is 2.95. The molecule has 0 heterocycles. The van der Waals surface area contributed by atoms with Crippen molar-refractivity contribution < 1.29 is 18.0 Å². The fourth-order valence-corrected chi connectivity index (χ4v) is 6.58. The van der Waals surface area contributed by atoms with Gasteiger partial charge in [0.25, 0.3) is 0 Å². The summed E-state index contributed by atoms with van der Waals surface area (Å²) < 4.78 is 27.6. The molecule has 10 heteroatoms. The number of amides is 2. The predicted molar refractivity (Wildman–Crippen MR) is 167 cm³/mol. The smallest absolute Gasteiger partial charge is 0.244 e. The van der Waals surface area contributed by atoms with Crippen molar-refractivity contribution in [1.29, 1.82) is 0 Å². The first-order valence-electron chi connectivity index (χ1n) is 13.7. The maximum absolute atomic E-state index is 14.2. The number of carbonyl (C=O) groups is 2. The summed E-state index contributed by atoms with van der Waals surface area (Å²) in [5.41, 5.74) is 1.90. The van der Waals surface area contributed by atoms with Crippen LogP contribution >= 0.6 is 27.5 Å². The second kappa shape index (κ2) is 14.3. The second-order valence-electron chi connectivity index (χ2n) is 10.4. The number of nitrogens with zero attached hydrogens (tertiary/aromatic N) is 2. The largest absolute Gasteiger partial charge is 0.352 e. The summed E-state index contributed by atoms with van der Waals surface area (Å²) in [5, 5.41) is 3.66. The molecule has 7 nitrogen and oxygen atoms in total. The Morgan fingerprint density at radius 3 is 2.32 bits per heavy atom. The van der Waals surface area contributed by atoms with Gasteiger partial charge in [0.2, 0.25) is 21.8 Å². The Labute approximate surface area is 256 Å². The summed E-state index contributed by atoms with van der Waals surface area (Å²) >= 11 is 9.90. The van der Waals surface area contributed by atoms with Gasteiger partial charge in [-0.2, -0.15) is 0 Å². The molecule has 3 aromatic carbocycles. The minimum absolute atomic E-state index is 0.0426. The van der Waals surface area contributed by atoms with Gasteiger partial charge in [-0.3, -0.25) is 13.9 Å². The van der Waals surface area contributed by atoms with Gasteiger partial charge in [-0.1, -0.05) is 101 Å². The maximum atomic E-state index is 14.2. The van der Waals surface area contributed by atoms with Crippen molar-refractivity contribution in [2.45, 2.75) is 57.2 Å². The third-order valence-corrected chi connectivity index (χ3v) is 9.30. The zero-order chi connectivity index (χ0) is 29.4. The highest BCUT2D eigenvalue weighted by atomic mass is 79.9. The van der Waals surface area contributed by atoms with Crippen LogP contribution in [0.1, 0.15) is 43.2 Å². The van der Waals surface area contributed by atoms with Crippen LogP contribution in [0.2, 0.25) is 5.02 Å². The van der Waals surface area contributed by atoms with Gasteiger partial charge in [0.05, 0.1) is 11.9 Å². The van der Waals surface area contributed by atoms with Gasteiger partial charge in [0.1, 0.15) is 12.6 Å². The Hall–Kier alpha value is -2.88. The van der Waals surface area contributed by atoms with E-state index in [9.17, 15) is 18.0 Å². The molecule has 1 aliphatic rings. The van der Waals surface area contributed by atoms with Crippen molar-refractivity contribution >= 4 is 55.1 Å². The third-order valence-electron chi connectivity index (χ3n) is 7.30. The molecule has 2 amide bonds. The molecular weight excluding hydrogens is 626 g/mol. The monoisotopic (exact) mass is 659 g/mol. The standard InChI is InChI=1S/C31H35BrClN3O4S/c1-41(39,40)36(27-17-10-14-25(32)20-27)22-30(37)35(21-24-13-8-9-18-28(24)33)29(19-23-11-4-2-5-12-23)31(38)34-26-15-6-3-7-16-26/h2,4-5,8-14,17-18,20,26,29H,3,6-7,15-16,19,21-22H2,1H3,(H,34,38)/t29-/m0/s1. The summed E-state index contributed by atoms with van der Waals surface area (Å²) in [6.45, 7) is -0.425. The first-order valence-corrected chi connectivity index (χ1v) is 16.7. The van der Waals surface area contributed by atoms with Crippen LogP contribution in [0, 0.1) is 0 Å². The van der Waals surface area contributed by atoms with Crippen LogP contribution in [0.25, 0.3) is 0 Å². The molecule has 0 spiro atoms. The minimum atomic E-state index is -3.83. The highest BCUT2D eigenvalue weighted by Crippen LogP contribution is 2.25. The fourth-order valence-electron chi connectivity index (χ4n) is 5.15. The molecule has 1 N–H and O–H groups in total. The van der Waals surface area contributed by atoms with Gasteiger partial charge in [0.15, 0.2) is 0 Å². The molecule has 0 aliphatic heterocycles. The molecule has 218 valence electrons. The predicted octanol–water partition coefficient (Wildman–Crippen LogP) is 5.96. The van der Waals surface area contributed by atoms with Crippen LogP contribution in [-0.4, -0.2) is 50.0 Å². The van der Waals surface area contributed by atoms with E-state index in [4.69, 9.17) is 11.6 Å². The number of rotatable bonds is 11. The van der Waals surface area contributed by atoms with Crippen LogP contribution in [0.15, 0.2) is 83.3 Å². The number of anilines is 1. The molecule has 3 aromatic rings. The van der Waals surface area contributed by atoms with Crippen molar-refractivity contribution in [1.82, 2.24) is 10.2 Å². The number of halogens is 2. The summed E-state index contributed by atoms with van der Waals surface area (Å²) in [7, 11) is -3.83. The van der Waals surface area contributed by atoms with E-state index in [1.54, 1.807) is 36.4 Å². The molecule has 0 saturated heterocycles. The normalized spacial score (nSPS) is 14.7. The summed E-state index contributed by atoms with van der Waals surface area (Å²) in [6.07, 6.45) is 6.37. The van der Waals surface area contributed by atoms with Gasteiger partial charge in [-0.15, -0.1) is 0 Å². The zero-order valence-corrected chi connectivity index (χ0v) is 26.2. The summed E-state index contributed by atoms with van der Waals surface area (Å²) in [5.74, 6) is -0.760. The molecule has 4 rings (SSSR count). The van der Waals surface area contributed by atoms with E-state index in [2.05, 4.69) is 21.2 Å². The molecule has 0 unspecified atom stereocenters. The summed E-state index contributed by atoms with van der Waals surface area (Å²) in [6, 6.07) is 22.6. The highest BCUT2D eigenvalue weighted by Gasteiger charge is 2.34. The van der Waals surface area contributed by atoms with E-state index >= 15 is 0 Å². The first-order chi connectivity index (χ1) is 19.6. The van der Waals surface area contributed by atoms with Crippen LogP contribution in [0.5, 0.6) is 0 Å². The minimum Gasteiger partial charge on any atom is -0.352 e. The van der Waals surface area contributed by atoms with Gasteiger partial charge in [-0.05, 0) is 48.2 Å². The fraction of sp³-hybridized carbons (Fsp3) is 0.355. The lowest BCUT2D eigenvalue weighted by molar-refractivity contribution is -0.140. The highest BCUT2D eigenvalue weighted by molar-refractivity contribution is 9.10. The van der Waals surface area contributed by atoms with Gasteiger partial charge in [-0.25, -0.2) is 8.42 Å². The molecule has 1 aliphatic carbocycles. The molecule has 0 radical (unpaired) electrons. The molecule has 41 heavy (non-hydrogen) atoms. The van der Waals surface area contributed by atoms with Crippen LogP contribution in [-0.2, 0) is 32.6 Å². The zero-order valence-electron chi connectivity index (χ0n) is 23.0. The first kappa shape index (κ1) is 31.1. The lowest BCUT2D eigenvalue weighted by atomic mass is 9.94. The third kappa shape index (κ3) is 8.80. The molecule has 1 fully saturated rings. The Bertz CT molecular complexity index is 1450. The number of hydrogen-bond acceptors (Lipinski definition) is 4. The van der Waals surface area contributed by atoms with Crippen LogP contribution < -0.4 is 9.62 Å². The van der Waals surface area contributed by atoms with E-state index in [1.165, 1.54) is 4.90 Å². The van der Waals surface area contributed by atoms with E-state index in [0.717, 1.165) is 48.2 Å². The Balaban J connectivity index is 1.73. The molecule has 1 atom stereocenters. The second-order valence-corrected chi connectivity index (χ2v) is 13.6. The number of nitrogens with one attached hydrogen (secondary N) is 1. The molecule has 0 bridgehead atoms. The van der Waals surface area contributed by atoms with Crippen molar-refractivity contribution in [3.63, 3.8) is 0 Å². The maximum Gasteiger partial charge on any atom is 0.244 e. The number of hydrogen-bond donors (Lipinski definition) is 1. The van der Waals surface area contributed by atoms with E-state index in [1.807, 2.05) is 42.5 Å². The number of benzene rings is 3. The Kier molecular flexibility index (Phi) is 10.9. The Morgan fingerprint density at radius 1 is 0.976 bits per heavy atom. The van der Waals surface area contributed by atoms with Crippen LogP contribution in [0.4, 0.5) is 5.69 Å². The lowest BCUT2D eigenvalue weighted by Gasteiger charge is -2.35. The van der Waals surface area contributed by atoms with Crippen molar-refractivity contribution in [3.05, 3.63) is 99.5 Å². The van der Waals surface area contributed by atoms with E-state index < -0.39 is 28.5 Å². The van der Waals surface area contributed by atoms with Crippen molar-refractivity contribution in [3.8, 4) is 0 Å². The number of sulfonamides is 1. The summed E-state index contributed by atoms with van der Waals surface area (Å²) in [4.78, 5) is 29.6. The van der Waals surface area contributed by atoms with Gasteiger partial charge in [0, 0.05) is 28.5 Å². The average molecular weight is 661 g/mol. The molecule has 0 aromatic heterocycles. The van der Waals surface area contributed by atoms with Crippen molar-refractivity contribution in [2.75, 3.05) is 17.1 Å². The SMILES string of the molecule is CS(=O)(=O)N(CC(=O)N(Cc1ccccc1Cl)[C@@H](Cc1ccccc1)C(=O)NC1CCCCC1)c1cccc(Br)c1. The van der Waals surface area contributed by atoms with E-state index in [-0.39, 0.29) is 24.9 Å². The van der Waals surface area contributed by atoms with Crippen LogP contribution in [0.3, 0.4) is 0 Å². The molecule has 1 saturated carbocycles. The topological polar surface area (TPSA) is 86.8 Å². The quantitative estimate of drug-likeness (QED) is 0.275. The van der Waals surface area contributed by atoms with Gasteiger partial charge >= 0.3 is 0 Å². The Morgan fingerprint density at radius 2 is 1.66 bits per heavy atom. The molecular formula is C31H35BrClN3O4S. The van der Waals surface area contributed by atoms with E-state index in [0.29, 0.717) is 20.7 Å². The van der Waals surface area contributed by atoms with Crippen molar-refractivity contribution in [2.24, 2.45) is 0 Å². The lowest BCUT2D eigenvalue weighted by Crippen LogP contribution is -2.55. The van der Waals surface area contributed by atoms with Gasteiger partial charge < -0.3 is 10.2 Å². The number of carbonyl (C=O) groups excluding carboxylic acids is 2.